The van der Waals surface area contributed by atoms with Gasteiger partial charge in [0.2, 0.25) is 0 Å². The van der Waals surface area contributed by atoms with Crippen molar-refractivity contribution in [3.8, 4) is 5.75 Å². The van der Waals surface area contributed by atoms with Crippen molar-refractivity contribution >= 4 is 15.9 Å². The van der Waals surface area contributed by atoms with E-state index < -0.39 is 0 Å². The summed E-state index contributed by atoms with van der Waals surface area (Å²) in [5.41, 5.74) is 0. The first-order valence-electron chi connectivity index (χ1n) is 7.66. The maximum absolute atomic E-state index is 5.81. The number of rotatable bonds is 5. The third-order valence-corrected chi connectivity index (χ3v) is 4.92. The summed E-state index contributed by atoms with van der Waals surface area (Å²) in [5.74, 6) is 0.962. The molecule has 0 bridgehead atoms. The second-order valence-corrected chi connectivity index (χ2v) is 6.70. The topological polar surface area (TPSA) is 15.7 Å². The summed E-state index contributed by atoms with van der Waals surface area (Å²) in [6.07, 6.45) is 4.12. The lowest BCUT2D eigenvalue weighted by Gasteiger charge is -2.23. The SMILES string of the molecule is Brc1ccc(OCCN2CCC(N3CCCC3)C2)cc1. The van der Waals surface area contributed by atoms with Crippen LogP contribution in [0, 0.1) is 0 Å². The van der Waals surface area contributed by atoms with Gasteiger partial charge >= 0.3 is 0 Å². The zero-order valence-electron chi connectivity index (χ0n) is 11.9. The Morgan fingerprint density at radius 1 is 1.10 bits per heavy atom. The van der Waals surface area contributed by atoms with Gasteiger partial charge in [0.05, 0.1) is 0 Å². The lowest BCUT2D eigenvalue weighted by atomic mass is 10.2. The molecular formula is C16H23BrN2O. The van der Waals surface area contributed by atoms with Crippen molar-refractivity contribution in [1.82, 2.24) is 9.80 Å². The summed E-state index contributed by atoms with van der Waals surface area (Å²) in [4.78, 5) is 5.22. The molecule has 2 saturated heterocycles. The Hall–Kier alpha value is -0.580. The largest absolute Gasteiger partial charge is 0.492 e. The molecule has 1 aromatic carbocycles. The second kappa shape index (κ2) is 6.92. The highest BCUT2D eigenvalue weighted by Gasteiger charge is 2.28. The van der Waals surface area contributed by atoms with E-state index in [2.05, 4.69) is 25.7 Å². The molecule has 2 heterocycles. The van der Waals surface area contributed by atoms with Crippen LogP contribution >= 0.6 is 15.9 Å². The van der Waals surface area contributed by atoms with Crippen molar-refractivity contribution in [2.24, 2.45) is 0 Å². The van der Waals surface area contributed by atoms with Crippen molar-refractivity contribution in [1.29, 1.82) is 0 Å². The van der Waals surface area contributed by atoms with Crippen LogP contribution in [0.1, 0.15) is 19.3 Å². The van der Waals surface area contributed by atoms with E-state index >= 15 is 0 Å². The first kappa shape index (κ1) is 14.4. The second-order valence-electron chi connectivity index (χ2n) is 5.79. The Bertz CT molecular complexity index is 417. The fourth-order valence-electron chi connectivity index (χ4n) is 3.24. The minimum Gasteiger partial charge on any atom is -0.492 e. The molecule has 3 nitrogen and oxygen atoms in total. The fraction of sp³-hybridized carbons (Fsp3) is 0.625. The summed E-state index contributed by atoms with van der Waals surface area (Å²) in [6, 6.07) is 8.87. The zero-order chi connectivity index (χ0) is 13.8. The summed E-state index contributed by atoms with van der Waals surface area (Å²) in [5, 5.41) is 0. The molecule has 0 spiro atoms. The number of hydrogen-bond acceptors (Lipinski definition) is 3. The summed E-state index contributed by atoms with van der Waals surface area (Å²) < 4.78 is 6.90. The molecule has 0 radical (unpaired) electrons. The molecule has 1 aromatic rings. The average molecular weight is 339 g/mol. The highest BCUT2D eigenvalue weighted by molar-refractivity contribution is 9.10. The Kier molecular flexibility index (Phi) is 4.97. The normalized spacial score (nSPS) is 24.4. The third kappa shape index (κ3) is 3.74. The van der Waals surface area contributed by atoms with Crippen LogP contribution in [0.15, 0.2) is 28.7 Å². The van der Waals surface area contributed by atoms with Gasteiger partial charge in [-0.25, -0.2) is 0 Å². The van der Waals surface area contributed by atoms with Gasteiger partial charge in [-0.3, -0.25) is 9.80 Å². The first-order chi connectivity index (χ1) is 9.81. The van der Waals surface area contributed by atoms with Gasteiger partial charge in [0.1, 0.15) is 12.4 Å². The zero-order valence-corrected chi connectivity index (χ0v) is 13.5. The molecule has 110 valence electrons. The minimum atomic E-state index is 0.786. The molecule has 1 atom stereocenters. The number of halogens is 1. The van der Waals surface area contributed by atoms with Crippen molar-refractivity contribution in [3.05, 3.63) is 28.7 Å². The summed E-state index contributed by atoms with van der Waals surface area (Å²) >= 11 is 3.44. The van der Waals surface area contributed by atoms with E-state index in [1.165, 1.54) is 45.4 Å². The molecule has 0 N–H and O–H groups in total. The number of hydrogen-bond donors (Lipinski definition) is 0. The van der Waals surface area contributed by atoms with Crippen LogP contribution in [0.25, 0.3) is 0 Å². The molecule has 0 amide bonds. The van der Waals surface area contributed by atoms with Crippen LogP contribution in [0.5, 0.6) is 5.75 Å². The highest BCUT2D eigenvalue weighted by Crippen LogP contribution is 2.20. The number of ether oxygens (including phenoxy) is 1. The molecule has 2 fully saturated rings. The van der Waals surface area contributed by atoms with E-state index in [9.17, 15) is 0 Å². The van der Waals surface area contributed by atoms with Gasteiger partial charge in [0.25, 0.3) is 0 Å². The fourth-order valence-corrected chi connectivity index (χ4v) is 3.51. The summed E-state index contributed by atoms with van der Waals surface area (Å²) in [6.45, 7) is 6.91. The van der Waals surface area contributed by atoms with Crippen LogP contribution < -0.4 is 4.74 Å². The Morgan fingerprint density at radius 3 is 2.60 bits per heavy atom. The van der Waals surface area contributed by atoms with Crippen molar-refractivity contribution in [2.75, 3.05) is 39.3 Å². The molecule has 0 saturated carbocycles. The summed E-state index contributed by atoms with van der Waals surface area (Å²) in [7, 11) is 0. The third-order valence-electron chi connectivity index (χ3n) is 4.39. The van der Waals surface area contributed by atoms with Crippen LogP contribution in [-0.4, -0.2) is 55.2 Å². The number of likely N-dealkylation sites (tertiary alicyclic amines) is 2. The standard InChI is InChI=1S/C16H23BrN2O/c17-14-3-5-16(6-4-14)20-12-11-18-10-7-15(13-18)19-8-1-2-9-19/h3-6,15H,1-2,7-13H2. The molecule has 0 aromatic heterocycles. The molecule has 2 aliphatic heterocycles. The van der Waals surface area contributed by atoms with Crippen LogP contribution in [-0.2, 0) is 0 Å². The van der Waals surface area contributed by atoms with Crippen molar-refractivity contribution < 1.29 is 4.74 Å². The van der Waals surface area contributed by atoms with Gasteiger partial charge in [-0.15, -0.1) is 0 Å². The molecular weight excluding hydrogens is 316 g/mol. The number of benzene rings is 1. The van der Waals surface area contributed by atoms with Crippen LogP contribution in [0.3, 0.4) is 0 Å². The van der Waals surface area contributed by atoms with Crippen molar-refractivity contribution in [2.45, 2.75) is 25.3 Å². The Labute approximate surface area is 130 Å². The molecule has 20 heavy (non-hydrogen) atoms. The molecule has 1 unspecified atom stereocenters. The Balaban J connectivity index is 1.38. The van der Waals surface area contributed by atoms with Crippen molar-refractivity contribution in [3.63, 3.8) is 0 Å². The van der Waals surface area contributed by atoms with E-state index in [1.54, 1.807) is 0 Å². The highest BCUT2D eigenvalue weighted by atomic mass is 79.9. The van der Waals surface area contributed by atoms with Crippen LogP contribution in [0.2, 0.25) is 0 Å². The Morgan fingerprint density at radius 2 is 1.85 bits per heavy atom. The monoisotopic (exact) mass is 338 g/mol. The van der Waals surface area contributed by atoms with E-state index in [-0.39, 0.29) is 0 Å². The van der Waals surface area contributed by atoms with E-state index in [4.69, 9.17) is 4.74 Å². The van der Waals surface area contributed by atoms with Gasteiger partial charge in [-0.1, -0.05) is 15.9 Å². The van der Waals surface area contributed by atoms with Crippen LogP contribution in [0.4, 0.5) is 0 Å². The van der Waals surface area contributed by atoms with Gasteiger partial charge < -0.3 is 4.74 Å². The van der Waals surface area contributed by atoms with Gasteiger partial charge in [-0.05, 0) is 63.2 Å². The van der Waals surface area contributed by atoms with Gasteiger partial charge in [0, 0.05) is 23.6 Å². The molecule has 0 aliphatic carbocycles. The predicted molar refractivity (Wildman–Crippen MR) is 85.3 cm³/mol. The lowest BCUT2D eigenvalue weighted by molar-refractivity contribution is 0.207. The smallest absolute Gasteiger partial charge is 0.119 e. The molecule has 2 aliphatic rings. The minimum absolute atomic E-state index is 0.786. The predicted octanol–water partition coefficient (Wildman–Crippen LogP) is 3.00. The van der Waals surface area contributed by atoms with E-state index in [0.29, 0.717) is 0 Å². The molecule has 3 rings (SSSR count). The first-order valence-corrected chi connectivity index (χ1v) is 8.45. The van der Waals surface area contributed by atoms with Gasteiger partial charge in [-0.2, -0.15) is 0 Å². The van der Waals surface area contributed by atoms with E-state index in [1.807, 2.05) is 24.3 Å². The maximum Gasteiger partial charge on any atom is 0.119 e. The number of nitrogens with zero attached hydrogens (tertiary/aromatic N) is 2. The molecule has 4 heteroatoms. The van der Waals surface area contributed by atoms with E-state index in [0.717, 1.165) is 29.4 Å². The average Bonchev–Trinajstić information content (AvgIpc) is 3.11. The van der Waals surface area contributed by atoms with Gasteiger partial charge in [0.15, 0.2) is 0 Å². The quantitative estimate of drug-likeness (QED) is 0.820. The lowest BCUT2D eigenvalue weighted by Crippen LogP contribution is -2.36. The maximum atomic E-state index is 5.81.